The first-order chi connectivity index (χ1) is 20.7. The van der Waals surface area contributed by atoms with Gasteiger partial charge in [0.05, 0.1) is 13.2 Å². The largest absolute Gasteiger partial charge is 0.394 e. The summed E-state index contributed by atoms with van der Waals surface area (Å²) in [6.07, 6.45) is -13.6. The van der Waals surface area contributed by atoms with Gasteiger partial charge in [-0.1, -0.05) is 18.2 Å². The summed E-state index contributed by atoms with van der Waals surface area (Å²) in [7, 11) is 0. The predicted octanol–water partition coefficient (Wildman–Crippen LogP) is -1.31. The van der Waals surface area contributed by atoms with Gasteiger partial charge in [-0.15, -0.1) is 11.3 Å². The fourth-order valence-electron chi connectivity index (χ4n) is 5.69. The molecule has 0 bridgehead atoms. The lowest BCUT2D eigenvalue weighted by atomic mass is 9.86. The van der Waals surface area contributed by atoms with Crippen molar-refractivity contribution in [1.29, 1.82) is 0 Å². The lowest BCUT2D eigenvalue weighted by molar-refractivity contribution is -0.357. The standard InChI is InChI=1S/C30H35FO12S/c1-13-2-3-15(29(40)27(38)25(36)23(34)20(11-32)42-29)8-14(13)9-17-5-7-22(44-17)18-6-4-16(31)10-19(18)30(41)28(39)26(37)24(35)21(12-33)43-30/h2-8,10,20-21,23-28,32-41H,9,11-12H2,1H3/t20-,21-,23?,24-,25?,26+,27?,28-,29?,30?/m1/s1. The number of hydrogen-bond acceptors (Lipinski definition) is 13. The van der Waals surface area contributed by atoms with Gasteiger partial charge in [-0.3, -0.25) is 0 Å². The van der Waals surface area contributed by atoms with Crippen LogP contribution >= 0.6 is 11.3 Å². The maximum atomic E-state index is 14.4. The molecule has 3 heterocycles. The van der Waals surface area contributed by atoms with Crippen LogP contribution < -0.4 is 0 Å². The van der Waals surface area contributed by atoms with E-state index in [0.29, 0.717) is 16.9 Å². The highest BCUT2D eigenvalue weighted by Gasteiger charge is 2.55. The minimum atomic E-state index is -2.68. The third-order valence-electron chi connectivity index (χ3n) is 8.35. The monoisotopic (exact) mass is 638 g/mol. The van der Waals surface area contributed by atoms with E-state index < -0.39 is 79.4 Å². The van der Waals surface area contributed by atoms with Crippen molar-refractivity contribution in [1.82, 2.24) is 0 Å². The van der Waals surface area contributed by atoms with Gasteiger partial charge >= 0.3 is 0 Å². The zero-order valence-corrected chi connectivity index (χ0v) is 24.3. The summed E-state index contributed by atoms with van der Waals surface area (Å²) in [6.45, 7) is 0.307. The van der Waals surface area contributed by atoms with Gasteiger partial charge in [0, 0.05) is 32.9 Å². The number of hydrogen-bond donors (Lipinski definition) is 10. The fourth-order valence-corrected chi connectivity index (χ4v) is 6.76. The number of halogens is 1. The molecule has 2 saturated heterocycles. The number of aryl methyl sites for hydroxylation is 1. The van der Waals surface area contributed by atoms with Crippen molar-refractivity contribution >= 4 is 11.3 Å². The zero-order chi connectivity index (χ0) is 32.1. The Morgan fingerprint density at radius 3 is 1.95 bits per heavy atom. The molecule has 10 atom stereocenters. The number of aliphatic hydroxyl groups is 10. The SMILES string of the molecule is Cc1ccc(C2(O)O[C@H](CO)C(O)C(O)C2O)cc1Cc1ccc(-c2ccc(F)cc2C2(O)O[C@H](CO)[C@@H](O)[C@H](O)[C@H]2O)s1. The quantitative estimate of drug-likeness (QED) is 0.146. The number of ether oxygens (including phenoxy) is 2. The molecule has 240 valence electrons. The fraction of sp³-hybridized carbons (Fsp3) is 0.467. The maximum absolute atomic E-state index is 14.4. The Bertz CT molecular complexity index is 1480. The Kier molecular flexibility index (Phi) is 9.30. The molecule has 0 saturated carbocycles. The first-order valence-electron chi connectivity index (χ1n) is 13.8. The van der Waals surface area contributed by atoms with Gasteiger partial charge in [-0.25, -0.2) is 4.39 Å². The lowest BCUT2D eigenvalue weighted by Crippen LogP contribution is -2.63. The second-order valence-electron chi connectivity index (χ2n) is 11.2. The Labute approximate surface area is 255 Å². The van der Waals surface area contributed by atoms with Crippen LogP contribution in [0.1, 0.15) is 27.1 Å². The minimum Gasteiger partial charge on any atom is -0.394 e. The smallest absolute Gasteiger partial charge is 0.223 e. The molecule has 1 aromatic heterocycles. The van der Waals surface area contributed by atoms with Crippen LogP contribution in [-0.4, -0.2) is 113 Å². The summed E-state index contributed by atoms with van der Waals surface area (Å²) >= 11 is 1.25. The van der Waals surface area contributed by atoms with E-state index in [1.807, 2.05) is 6.92 Å². The molecule has 12 nitrogen and oxygen atoms in total. The van der Waals surface area contributed by atoms with Crippen LogP contribution in [0.4, 0.5) is 4.39 Å². The van der Waals surface area contributed by atoms with E-state index in [-0.39, 0.29) is 16.7 Å². The Morgan fingerprint density at radius 1 is 0.750 bits per heavy atom. The molecule has 14 heteroatoms. The average molecular weight is 639 g/mol. The molecule has 2 aliphatic heterocycles. The van der Waals surface area contributed by atoms with Crippen molar-refractivity contribution < 1.29 is 64.9 Å². The Morgan fingerprint density at radius 2 is 1.34 bits per heavy atom. The maximum Gasteiger partial charge on any atom is 0.223 e. The zero-order valence-electron chi connectivity index (χ0n) is 23.4. The van der Waals surface area contributed by atoms with Crippen LogP contribution in [0.2, 0.25) is 0 Å². The van der Waals surface area contributed by atoms with Gasteiger partial charge < -0.3 is 60.5 Å². The van der Waals surface area contributed by atoms with Crippen LogP contribution in [0.5, 0.6) is 0 Å². The summed E-state index contributed by atoms with van der Waals surface area (Å²) in [4.78, 5) is 1.28. The highest BCUT2D eigenvalue weighted by molar-refractivity contribution is 7.15. The summed E-state index contributed by atoms with van der Waals surface area (Å²) in [6, 6.07) is 11.6. The molecule has 0 amide bonds. The van der Waals surface area contributed by atoms with Gasteiger partial charge in [0.1, 0.15) is 54.6 Å². The highest BCUT2D eigenvalue weighted by atomic mass is 32.1. The van der Waals surface area contributed by atoms with Crippen molar-refractivity contribution in [2.75, 3.05) is 13.2 Å². The van der Waals surface area contributed by atoms with Crippen LogP contribution in [0.15, 0.2) is 48.5 Å². The molecular formula is C30H35FO12S. The third-order valence-corrected chi connectivity index (χ3v) is 9.47. The van der Waals surface area contributed by atoms with Gasteiger partial charge in [0.15, 0.2) is 0 Å². The topological polar surface area (TPSA) is 221 Å². The number of aliphatic hydroxyl groups excluding tert-OH is 8. The molecule has 0 radical (unpaired) electrons. The van der Waals surface area contributed by atoms with Crippen molar-refractivity contribution in [3.63, 3.8) is 0 Å². The van der Waals surface area contributed by atoms with E-state index in [9.17, 15) is 55.5 Å². The third kappa shape index (κ3) is 5.60. The normalized spacial score (nSPS) is 36.0. The molecule has 2 aromatic carbocycles. The van der Waals surface area contributed by atoms with E-state index in [4.69, 9.17) is 9.47 Å². The van der Waals surface area contributed by atoms with E-state index in [1.165, 1.54) is 23.5 Å². The molecule has 0 aliphatic carbocycles. The Hall–Kier alpha value is -2.41. The van der Waals surface area contributed by atoms with E-state index in [2.05, 4.69) is 0 Å². The number of benzene rings is 2. The van der Waals surface area contributed by atoms with Crippen molar-refractivity contribution in [3.05, 3.63) is 81.5 Å². The molecule has 10 N–H and O–H groups in total. The second kappa shape index (κ2) is 12.4. The van der Waals surface area contributed by atoms with Gasteiger partial charge in [-0.2, -0.15) is 0 Å². The molecule has 5 rings (SSSR count). The molecule has 2 fully saturated rings. The lowest BCUT2D eigenvalue weighted by Gasteiger charge is -2.46. The van der Waals surface area contributed by atoms with E-state index in [0.717, 1.165) is 22.6 Å². The molecule has 2 aliphatic rings. The summed E-state index contributed by atoms with van der Waals surface area (Å²) < 4.78 is 25.3. The Balaban J connectivity index is 1.47. The van der Waals surface area contributed by atoms with Gasteiger partial charge in [0.2, 0.25) is 11.6 Å². The van der Waals surface area contributed by atoms with Crippen LogP contribution in [0.3, 0.4) is 0 Å². The first kappa shape index (κ1) is 33.0. The molecule has 44 heavy (non-hydrogen) atoms. The predicted molar refractivity (Wildman–Crippen MR) is 151 cm³/mol. The van der Waals surface area contributed by atoms with E-state index >= 15 is 0 Å². The summed E-state index contributed by atoms with van der Waals surface area (Å²) in [5.74, 6) is -5.89. The molecular weight excluding hydrogens is 603 g/mol. The number of rotatable bonds is 7. The highest BCUT2D eigenvalue weighted by Crippen LogP contribution is 2.43. The van der Waals surface area contributed by atoms with Gasteiger partial charge in [-0.05, 0) is 48.4 Å². The van der Waals surface area contributed by atoms with Crippen LogP contribution in [-0.2, 0) is 27.5 Å². The second-order valence-corrected chi connectivity index (χ2v) is 12.4. The van der Waals surface area contributed by atoms with Gasteiger partial charge in [0.25, 0.3) is 0 Å². The minimum absolute atomic E-state index is 0.0810. The molecule has 5 unspecified atom stereocenters. The average Bonchev–Trinajstić information content (AvgIpc) is 3.48. The molecule has 3 aromatic rings. The van der Waals surface area contributed by atoms with Crippen LogP contribution in [0.25, 0.3) is 10.4 Å². The van der Waals surface area contributed by atoms with E-state index in [1.54, 1.807) is 24.3 Å². The van der Waals surface area contributed by atoms with Crippen molar-refractivity contribution in [3.8, 4) is 10.4 Å². The number of thiophene rings is 1. The summed E-state index contributed by atoms with van der Waals surface area (Å²) in [5.41, 5.74) is 1.59. The summed E-state index contributed by atoms with van der Waals surface area (Å²) in [5, 5.41) is 104. The van der Waals surface area contributed by atoms with Crippen molar-refractivity contribution in [2.45, 2.75) is 73.8 Å². The first-order valence-corrected chi connectivity index (χ1v) is 14.7. The van der Waals surface area contributed by atoms with Crippen molar-refractivity contribution in [2.24, 2.45) is 0 Å². The molecule has 0 spiro atoms. The van der Waals surface area contributed by atoms with Crippen LogP contribution in [0, 0.1) is 12.7 Å².